The number of aryl methyl sites for hydroxylation is 2. The zero-order chi connectivity index (χ0) is 43.9. The molecule has 66 heavy (non-hydrogen) atoms. The molecule has 3 aromatic heterocycles. The molecule has 0 spiro atoms. The van der Waals surface area contributed by atoms with Crippen molar-refractivity contribution in [3.63, 3.8) is 0 Å². The highest BCUT2D eigenvalue weighted by atomic mass is 32.2. The van der Waals surface area contributed by atoms with Crippen LogP contribution in [0.3, 0.4) is 0 Å². The van der Waals surface area contributed by atoms with E-state index >= 15 is 0 Å². The first-order valence-electron chi connectivity index (χ1n) is 23.9. The number of aromatic nitrogens is 2. The maximum absolute atomic E-state index is 2.58. The van der Waals surface area contributed by atoms with Crippen molar-refractivity contribution in [3.05, 3.63) is 199 Å². The lowest BCUT2D eigenvalue weighted by molar-refractivity contribution is 0.795. The van der Waals surface area contributed by atoms with Gasteiger partial charge < -0.3 is 9.13 Å². The van der Waals surface area contributed by atoms with Crippen LogP contribution >= 0.6 is 23.1 Å². The van der Waals surface area contributed by atoms with Gasteiger partial charge in [-0.05, 0) is 143 Å². The van der Waals surface area contributed by atoms with Gasteiger partial charge in [-0.3, -0.25) is 0 Å². The summed E-state index contributed by atoms with van der Waals surface area (Å²) in [6.07, 6.45) is 16.0. The van der Waals surface area contributed by atoms with Gasteiger partial charge in [0.15, 0.2) is 0 Å². The SMILES string of the molecule is CCCCc1ccc2c(c1)c1ccc3c(c4ccc(CCCC)cc4n3-c3cccc(-c4ccc5sc6ccccc6c5c4)c3)c1n2-c1cccc(-c2ccc3c(c2)C2C=CC=CC2S3)c1. The topological polar surface area (TPSA) is 9.86 Å². The summed E-state index contributed by atoms with van der Waals surface area (Å²) in [6.45, 7) is 4.58. The van der Waals surface area contributed by atoms with Gasteiger partial charge in [-0.25, -0.2) is 0 Å². The van der Waals surface area contributed by atoms with Crippen molar-refractivity contribution in [1.29, 1.82) is 0 Å². The summed E-state index contributed by atoms with van der Waals surface area (Å²) in [6, 6.07) is 60.9. The van der Waals surface area contributed by atoms with Crippen LogP contribution in [0.5, 0.6) is 0 Å². The first kappa shape index (κ1) is 39.7. The molecular formula is C62H50N2S2. The molecule has 0 radical (unpaired) electrons. The largest absolute Gasteiger partial charge is 0.309 e. The van der Waals surface area contributed by atoms with Crippen LogP contribution < -0.4 is 0 Å². The molecule has 2 unspecified atom stereocenters. The molecule has 0 saturated carbocycles. The lowest BCUT2D eigenvalue weighted by Gasteiger charge is -2.15. The predicted octanol–water partition coefficient (Wildman–Crippen LogP) is 18.0. The molecule has 8 aromatic carbocycles. The van der Waals surface area contributed by atoms with E-state index in [2.05, 4.69) is 205 Å². The summed E-state index contributed by atoms with van der Waals surface area (Å²) in [4.78, 5) is 1.40. The molecule has 0 saturated heterocycles. The Morgan fingerprint density at radius 1 is 0.470 bits per heavy atom. The van der Waals surface area contributed by atoms with Gasteiger partial charge in [0.1, 0.15) is 0 Å². The van der Waals surface area contributed by atoms with Crippen molar-refractivity contribution in [2.45, 2.75) is 68.4 Å². The third-order valence-corrected chi connectivity index (χ3v) is 16.9. The minimum atomic E-state index is 0.427. The van der Waals surface area contributed by atoms with Crippen LogP contribution in [0.2, 0.25) is 0 Å². The number of fused-ring (bicyclic) bond motifs is 13. The second-order valence-corrected chi connectivity index (χ2v) is 20.8. The average molecular weight is 887 g/mol. The average Bonchev–Trinajstić information content (AvgIpc) is 4.12. The Balaban J connectivity index is 1.04. The Hall–Kier alpha value is -6.59. The highest BCUT2D eigenvalue weighted by molar-refractivity contribution is 8.00. The Morgan fingerprint density at radius 2 is 1.15 bits per heavy atom. The van der Waals surface area contributed by atoms with Gasteiger partial charge in [0.05, 0.1) is 22.1 Å². The maximum Gasteiger partial charge on any atom is 0.0641 e. The third kappa shape index (κ3) is 6.44. The molecule has 4 heterocycles. The normalized spacial score (nSPS) is 15.6. The monoisotopic (exact) mass is 886 g/mol. The lowest BCUT2D eigenvalue weighted by atomic mass is 9.90. The van der Waals surface area contributed by atoms with Gasteiger partial charge in [-0.1, -0.05) is 130 Å². The summed E-state index contributed by atoms with van der Waals surface area (Å²) in [5, 5.41) is 8.36. The molecule has 0 fully saturated rings. The number of benzene rings is 8. The zero-order valence-electron chi connectivity index (χ0n) is 37.4. The van der Waals surface area contributed by atoms with E-state index in [1.807, 2.05) is 23.1 Å². The molecule has 0 bridgehead atoms. The number of unbranched alkanes of at least 4 members (excludes halogenated alkanes) is 2. The predicted molar refractivity (Wildman–Crippen MR) is 287 cm³/mol. The summed E-state index contributed by atoms with van der Waals surface area (Å²) in [5.41, 5.74) is 16.6. The Labute approximate surface area is 394 Å². The number of hydrogen-bond acceptors (Lipinski definition) is 2. The summed E-state index contributed by atoms with van der Waals surface area (Å²) in [5.74, 6) is 0.427. The Morgan fingerprint density at radius 3 is 1.98 bits per heavy atom. The quantitative estimate of drug-likeness (QED) is 0.133. The molecule has 13 rings (SSSR count). The van der Waals surface area contributed by atoms with Gasteiger partial charge in [0.2, 0.25) is 0 Å². The fourth-order valence-corrected chi connectivity index (χ4v) is 13.5. The molecule has 1 aliphatic carbocycles. The second-order valence-electron chi connectivity index (χ2n) is 18.5. The van der Waals surface area contributed by atoms with E-state index in [0.29, 0.717) is 11.2 Å². The minimum Gasteiger partial charge on any atom is -0.309 e. The summed E-state index contributed by atoms with van der Waals surface area (Å²) < 4.78 is 7.81. The minimum absolute atomic E-state index is 0.427. The van der Waals surface area contributed by atoms with Crippen LogP contribution in [0.15, 0.2) is 187 Å². The van der Waals surface area contributed by atoms with Gasteiger partial charge in [-0.15, -0.1) is 23.1 Å². The van der Waals surface area contributed by atoms with E-state index in [9.17, 15) is 0 Å². The molecule has 2 aliphatic rings. The van der Waals surface area contributed by atoms with E-state index in [1.165, 1.54) is 145 Å². The molecular weight excluding hydrogens is 837 g/mol. The first-order valence-corrected chi connectivity index (χ1v) is 25.6. The number of thioether (sulfide) groups is 1. The van der Waals surface area contributed by atoms with Gasteiger partial charge >= 0.3 is 0 Å². The standard InChI is InChI=1S/C62H50N2S2/c1-3-5-13-39-24-29-54-51(33-39)49-28-30-55-61(62(49)64(54)46-18-12-16-42(36-46)44-26-32-60-53(38-44)48-20-8-10-22-58(48)66-60)50-27-23-40(14-6-4-2)34-56(50)63(55)45-17-11-15-41(35-45)43-25-31-59-52(37-43)47-19-7-9-21-57(47)65-59/h7-12,15-38,48,58H,3-6,13-14H2,1-2H3. The Bertz CT molecular complexity index is 3800. The van der Waals surface area contributed by atoms with E-state index in [-0.39, 0.29) is 0 Å². The highest BCUT2D eigenvalue weighted by Gasteiger charge is 2.31. The lowest BCUT2D eigenvalue weighted by Crippen LogP contribution is -2.06. The smallest absolute Gasteiger partial charge is 0.0641 e. The highest BCUT2D eigenvalue weighted by Crippen LogP contribution is 2.50. The van der Waals surface area contributed by atoms with Crippen LogP contribution in [-0.2, 0) is 12.8 Å². The fourth-order valence-electron chi connectivity index (χ4n) is 11.1. The summed E-state index contributed by atoms with van der Waals surface area (Å²) in [7, 11) is 0. The van der Waals surface area contributed by atoms with E-state index < -0.39 is 0 Å². The van der Waals surface area contributed by atoms with Crippen LogP contribution in [0.25, 0.3) is 97.4 Å². The molecule has 0 amide bonds. The van der Waals surface area contributed by atoms with Crippen molar-refractivity contribution in [2.75, 3.05) is 0 Å². The fraction of sp³-hybridized carbons (Fsp3) is 0.161. The van der Waals surface area contributed by atoms with Crippen molar-refractivity contribution < 1.29 is 0 Å². The molecule has 4 heteroatoms. The number of thiophene rings is 1. The Kier molecular flexibility index (Phi) is 9.69. The molecule has 11 aromatic rings. The summed E-state index contributed by atoms with van der Waals surface area (Å²) >= 11 is 3.88. The molecule has 2 nitrogen and oxygen atoms in total. The van der Waals surface area contributed by atoms with Crippen LogP contribution in [0.1, 0.15) is 62.1 Å². The molecule has 2 atom stereocenters. The zero-order valence-corrected chi connectivity index (χ0v) is 39.1. The second kappa shape index (κ2) is 16.1. The van der Waals surface area contributed by atoms with Gasteiger partial charge in [0.25, 0.3) is 0 Å². The van der Waals surface area contributed by atoms with E-state index in [0.717, 1.165) is 12.8 Å². The molecule has 1 aliphatic heterocycles. The maximum atomic E-state index is 2.58. The molecule has 320 valence electrons. The van der Waals surface area contributed by atoms with Crippen LogP contribution in [0.4, 0.5) is 0 Å². The first-order chi connectivity index (χ1) is 32.6. The van der Waals surface area contributed by atoms with Crippen molar-refractivity contribution >= 4 is 86.9 Å². The van der Waals surface area contributed by atoms with E-state index in [1.54, 1.807) is 0 Å². The molecule has 0 N–H and O–H groups in total. The van der Waals surface area contributed by atoms with Gasteiger partial charge in [0, 0.05) is 69.2 Å². The van der Waals surface area contributed by atoms with Crippen molar-refractivity contribution in [2.24, 2.45) is 0 Å². The van der Waals surface area contributed by atoms with Crippen molar-refractivity contribution in [3.8, 4) is 33.6 Å². The number of hydrogen-bond donors (Lipinski definition) is 0. The van der Waals surface area contributed by atoms with E-state index in [4.69, 9.17) is 0 Å². The van der Waals surface area contributed by atoms with Gasteiger partial charge in [-0.2, -0.15) is 0 Å². The number of nitrogens with zero attached hydrogens (tertiary/aromatic N) is 2. The van der Waals surface area contributed by atoms with Crippen LogP contribution in [0, 0.1) is 0 Å². The third-order valence-electron chi connectivity index (χ3n) is 14.4. The van der Waals surface area contributed by atoms with Crippen molar-refractivity contribution in [1.82, 2.24) is 9.13 Å². The van der Waals surface area contributed by atoms with Crippen LogP contribution in [-0.4, -0.2) is 14.4 Å². The number of rotatable bonds is 10. The number of allylic oxidation sites excluding steroid dienone is 3.